The molecule has 12 heteroatoms. The Kier molecular flexibility index (Phi) is 13.0. The van der Waals surface area contributed by atoms with E-state index in [0.717, 1.165) is 24.0 Å². The SMILES string of the molecule is [C-]#[N+]C(C(=O)O)C1(c2ccc(Cl)cc2)CCN(C(=O)OC(C)(C)C)CC1.[C-]#[N+]CC1(c2ccc(Cl)cc2)CCN(C(=O)OC(C)(C)C)CC1. The average molecular weight is 714 g/mol. The first kappa shape index (κ1) is 39.4. The van der Waals surface area contributed by atoms with Gasteiger partial charge >= 0.3 is 24.2 Å². The van der Waals surface area contributed by atoms with Gasteiger partial charge in [-0.3, -0.25) is 0 Å². The van der Waals surface area contributed by atoms with E-state index in [1.165, 1.54) is 0 Å². The Labute approximate surface area is 299 Å². The number of hydrogen-bond donors (Lipinski definition) is 1. The summed E-state index contributed by atoms with van der Waals surface area (Å²) in [6, 6.07) is 13.4. The second-order valence-corrected chi connectivity index (χ2v) is 15.4. The van der Waals surface area contributed by atoms with Crippen molar-refractivity contribution in [1.82, 2.24) is 9.80 Å². The Hall–Kier alpha value is -3.99. The minimum atomic E-state index is -1.22. The lowest BCUT2D eigenvalue weighted by atomic mass is 9.67. The normalized spacial score (nSPS) is 17.7. The molecule has 2 aliphatic rings. The molecular formula is C37H46Cl2N4O6. The van der Waals surface area contributed by atoms with E-state index in [9.17, 15) is 19.5 Å². The molecule has 2 fully saturated rings. The van der Waals surface area contributed by atoms with Crippen molar-refractivity contribution >= 4 is 41.4 Å². The summed E-state index contributed by atoms with van der Waals surface area (Å²) >= 11 is 11.9. The van der Waals surface area contributed by atoms with Crippen LogP contribution in [0.25, 0.3) is 9.69 Å². The zero-order chi connectivity index (χ0) is 36.6. The lowest BCUT2D eigenvalue weighted by Gasteiger charge is -2.41. The van der Waals surface area contributed by atoms with Crippen LogP contribution in [0.15, 0.2) is 48.5 Å². The summed E-state index contributed by atoms with van der Waals surface area (Å²) in [7, 11) is 0. The van der Waals surface area contributed by atoms with Crippen molar-refractivity contribution < 1.29 is 29.0 Å². The van der Waals surface area contributed by atoms with Crippen molar-refractivity contribution in [3.63, 3.8) is 0 Å². The van der Waals surface area contributed by atoms with Crippen LogP contribution in [-0.2, 0) is 25.1 Å². The van der Waals surface area contributed by atoms with Crippen LogP contribution in [-0.4, -0.2) is 83.0 Å². The fraction of sp³-hybridized carbons (Fsp3) is 0.541. The van der Waals surface area contributed by atoms with E-state index in [4.69, 9.17) is 45.8 Å². The van der Waals surface area contributed by atoms with Crippen LogP contribution in [0.4, 0.5) is 9.59 Å². The first-order valence-corrected chi connectivity index (χ1v) is 17.0. The van der Waals surface area contributed by atoms with Crippen LogP contribution < -0.4 is 0 Å². The molecule has 1 N–H and O–H groups in total. The summed E-state index contributed by atoms with van der Waals surface area (Å²) in [5.74, 6) is -1.15. The van der Waals surface area contributed by atoms with Gasteiger partial charge in [0.1, 0.15) is 11.2 Å². The topological polar surface area (TPSA) is 105 Å². The number of carboxylic acids is 1. The van der Waals surface area contributed by atoms with Gasteiger partial charge in [-0.25, -0.2) is 27.5 Å². The van der Waals surface area contributed by atoms with Gasteiger partial charge in [-0.1, -0.05) is 47.5 Å². The van der Waals surface area contributed by atoms with Crippen LogP contribution >= 0.6 is 23.2 Å². The zero-order valence-electron chi connectivity index (χ0n) is 29.1. The Morgan fingerprint density at radius 3 is 1.49 bits per heavy atom. The van der Waals surface area contributed by atoms with Gasteiger partial charge in [0.15, 0.2) is 0 Å². The largest absolute Gasteiger partial charge is 0.475 e. The van der Waals surface area contributed by atoms with Crippen LogP contribution in [0.5, 0.6) is 0 Å². The Bertz CT molecular complexity index is 1540. The molecule has 0 aliphatic carbocycles. The molecule has 0 radical (unpaired) electrons. The van der Waals surface area contributed by atoms with E-state index in [1.807, 2.05) is 45.0 Å². The lowest BCUT2D eigenvalue weighted by Crippen LogP contribution is -2.52. The molecule has 1 atom stereocenters. The molecule has 0 saturated carbocycles. The average Bonchev–Trinajstić information content (AvgIpc) is 3.01. The molecule has 2 aromatic rings. The molecule has 2 amide bonds. The van der Waals surface area contributed by atoms with Gasteiger partial charge in [-0.05, 0) is 103 Å². The molecule has 2 aliphatic heterocycles. The second-order valence-electron chi connectivity index (χ2n) is 14.6. The number of aliphatic carboxylic acids is 1. The van der Waals surface area contributed by atoms with Gasteiger partial charge in [-0.2, -0.15) is 0 Å². The van der Waals surface area contributed by atoms with E-state index in [1.54, 1.807) is 54.8 Å². The molecule has 2 saturated heterocycles. The molecule has 0 aromatic heterocycles. The van der Waals surface area contributed by atoms with Gasteiger partial charge in [0.2, 0.25) is 6.54 Å². The molecule has 0 spiro atoms. The van der Waals surface area contributed by atoms with Crippen molar-refractivity contribution in [2.24, 2.45) is 0 Å². The highest BCUT2D eigenvalue weighted by molar-refractivity contribution is 6.30. The van der Waals surface area contributed by atoms with Crippen LogP contribution in [0.2, 0.25) is 10.0 Å². The van der Waals surface area contributed by atoms with Crippen molar-refractivity contribution in [2.75, 3.05) is 32.7 Å². The highest BCUT2D eigenvalue weighted by Gasteiger charge is 2.52. The predicted octanol–water partition coefficient (Wildman–Crippen LogP) is 8.51. The number of halogens is 2. The summed E-state index contributed by atoms with van der Waals surface area (Å²) in [6.07, 6.45) is 1.56. The number of ether oxygens (including phenoxy) is 2. The number of rotatable bonds is 5. The predicted molar refractivity (Wildman–Crippen MR) is 190 cm³/mol. The van der Waals surface area contributed by atoms with Crippen LogP contribution in [0, 0.1) is 13.1 Å². The smallest absolute Gasteiger partial charge is 0.410 e. The summed E-state index contributed by atoms with van der Waals surface area (Å²) in [5, 5.41) is 10.8. The molecular weight excluding hydrogens is 667 g/mol. The van der Waals surface area contributed by atoms with Gasteiger partial charge < -0.3 is 34.1 Å². The molecule has 49 heavy (non-hydrogen) atoms. The Morgan fingerprint density at radius 2 is 1.14 bits per heavy atom. The Balaban J connectivity index is 0.000000267. The lowest BCUT2D eigenvalue weighted by molar-refractivity contribution is -0.139. The minimum Gasteiger partial charge on any atom is -0.475 e. The first-order valence-electron chi connectivity index (χ1n) is 16.3. The molecule has 4 rings (SSSR count). The molecule has 1 unspecified atom stereocenters. The van der Waals surface area contributed by atoms with Crippen molar-refractivity contribution in [2.45, 2.75) is 95.3 Å². The number of nitrogens with zero attached hydrogens (tertiary/aromatic N) is 4. The summed E-state index contributed by atoms with van der Waals surface area (Å²) in [5.41, 5.74) is -0.266. The van der Waals surface area contributed by atoms with Crippen LogP contribution in [0.1, 0.15) is 78.4 Å². The van der Waals surface area contributed by atoms with Gasteiger partial charge in [0, 0.05) is 36.2 Å². The number of hydrogen-bond acceptors (Lipinski definition) is 5. The van der Waals surface area contributed by atoms with Gasteiger partial charge in [0.05, 0.1) is 10.8 Å². The number of likely N-dealkylation sites (tertiary alicyclic amines) is 2. The Morgan fingerprint density at radius 1 is 0.755 bits per heavy atom. The van der Waals surface area contributed by atoms with E-state index in [-0.39, 0.29) is 11.5 Å². The highest BCUT2D eigenvalue weighted by Crippen LogP contribution is 2.41. The number of carbonyl (C=O) groups is 3. The van der Waals surface area contributed by atoms with Gasteiger partial charge in [-0.15, -0.1) is 0 Å². The van der Waals surface area contributed by atoms with E-state index < -0.39 is 34.7 Å². The highest BCUT2D eigenvalue weighted by atomic mass is 35.5. The number of carboxylic acid groups (broad SMARTS) is 1. The molecule has 2 aromatic carbocycles. The molecule has 0 bridgehead atoms. The number of benzene rings is 2. The van der Waals surface area contributed by atoms with Crippen molar-refractivity contribution in [1.29, 1.82) is 0 Å². The molecule has 2 heterocycles. The number of carbonyl (C=O) groups excluding carboxylic acids is 2. The maximum absolute atomic E-state index is 12.3. The summed E-state index contributed by atoms with van der Waals surface area (Å²) in [4.78, 5) is 46.6. The number of amides is 2. The quantitative estimate of drug-likeness (QED) is 0.312. The standard InChI is InChI=1S/C19H23ClN2O4.C18H23ClN2O2/c1-18(2,3)26-17(25)22-11-9-19(10-12-22,15(21-4)16(23)24)13-5-7-14(20)8-6-13;1-17(2,3)23-16(22)21-11-9-18(10-12-21,13-20-4)14-5-7-15(19)8-6-14/h5-8,15H,9-12H2,1-3H3,(H,23,24);5-8H,9-13H2,1-3H3. The van der Waals surface area contributed by atoms with E-state index >= 15 is 0 Å². The first-order chi connectivity index (χ1) is 22.8. The van der Waals surface area contributed by atoms with E-state index in [0.29, 0.717) is 55.6 Å². The third-order valence-electron chi connectivity index (χ3n) is 8.82. The van der Waals surface area contributed by atoms with Crippen LogP contribution in [0.3, 0.4) is 0 Å². The van der Waals surface area contributed by atoms with Crippen molar-refractivity contribution in [3.05, 3.63) is 92.5 Å². The fourth-order valence-electron chi connectivity index (χ4n) is 6.27. The monoisotopic (exact) mass is 712 g/mol. The van der Waals surface area contributed by atoms with Crippen molar-refractivity contribution in [3.8, 4) is 0 Å². The molecule has 10 nitrogen and oxygen atoms in total. The number of piperidine rings is 2. The third-order valence-corrected chi connectivity index (χ3v) is 9.33. The maximum Gasteiger partial charge on any atom is 0.410 e. The zero-order valence-corrected chi connectivity index (χ0v) is 30.6. The fourth-order valence-corrected chi connectivity index (χ4v) is 6.52. The summed E-state index contributed by atoms with van der Waals surface area (Å²) in [6.45, 7) is 28.0. The molecule has 264 valence electrons. The van der Waals surface area contributed by atoms with Gasteiger partial charge in [0.25, 0.3) is 0 Å². The summed E-state index contributed by atoms with van der Waals surface area (Å²) < 4.78 is 10.8. The minimum absolute atomic E-state index is 0.204. The third kappa shape index (κ3) is 10.5. The maximum atomic E-state index is 12.3. The van der Waals surface area contributed by atoms with E-state index in [2.05, 4.69) is 9.69 Å². The second kappa shape index (κ2) is 16.1.